The smallest absolute Gasteiger partial charge is 0.238 e. The lowest BCUT2D eigenvalue weighted by Gasteiger charge is -2.11. The minimum absolute atomic E-state index is 0.0866. The van der Waals surface area contributed by atoms with E-state index in [1.54, 1.807) is 18.3 Å². The van der Waals surface area contributed by atoms with Crippen LogP contribution in [-0.4, -0.2) is 18.4 Å². The highest BCUT2D eigenvalue weighted by atomic mass is 32.2. The number of hydrogen-bond donors (Lipinski definition) is 1. The molecule has 1 aromatic heterocycles. The molecule has 0 spiro atoms. The van der Waals surface area contributed by atoms with Gasteiger partial charge < -0.3 is 0 Å². The van der Waals surface area contributed by atoms with Crippen molar-refractivity contribution in [2.45, 2.75) is 24.7 Å². The lowest BCUT2D eigenvalue weighted by molar-refractivity contribution is 0.598. The van der Waals surface area contributed by atoms with Crippen LogP contribution in [0.4, 0.5) is 0 Å². The maximum absolute atomic E-state index is 11.4. The molecule has 0 amide bonds. The monoisotopic (exact) mass is 277 g/mol. The van der Waals surface area contributed by atoms with Crippen molar-refractivity contribution in [1.82, 2.24) is 9.97 Å². The molecule has 0 atom stereocenters. The largest absolute Gasteiger partial charge is 0.244 e. The summed E-state index contributed by atoms with van der Waals surface area (Å²) >= 11 is 0. The van der Waals surface area contributed by atoms with Crippen molar-refractivity contribution in [2.24, 2.45) is 5.14 Å². The molecule has 0 unspecified atom stereocenters. The molecule has 5 nitrogen and oxygen atoms in total. The van der Waals surface area contributed by atoms with E-state index in [-0.39, 0.29) is 10.8 Å². The van der Waals surface area contributed by atoms with Gasteiger partial charge in [-0.25, -0.2) is 23.5 Å². The minimum atomic E-state index is -3.71. The molecule has 2 rings (SSSR count). The zero-order chi connectivity index (χ0) is 14.0. The standard InChI is InChI=1S/C13H15N3O2S/c1-9(2)13-12(7-15-8-16-13)10-4-3-5-11(6-10)19(14,17)18/h3-9H,1-2H3,(H2,14,17,18). The Bertz CT molecular complexity index is 697. The average Bonchev–Trinajstić information content (AvgIpc) is 2.38. The van der Waals surface area contributed by atoms with Gasteiger partial charge >= 0.3 is 0 Å². The van der Waals surface area contributed by atoms with Crippen LogP contribution >= 0.6 is 0 Å². The van der Waals surface area contributed by atoms with E-state index >= 15 is 0 Å². The summed E-state index contributed by atoms with van der Waals surface area (Å²) in [6.07, 6.45) is 3.17. The van der Waals surface area contributed by atoms with E-state index in [9.17, 15) is 8.42 Å². The number of aromatic nitrogens is 2. The maximum atomic E-state index is 11.4. The van der Waals surface area contributed by atoms with E-state index in [1.165, 1.54) is 12.4 Å². The van der Waals surface area contributed by atoms with Crippen LogP contribution in [0.15, 0.2) is 41.7 Å². The topological polar surface area (TPSA) is 85.9 Å². The molecule has 2 aromatic rings. The predicted molar refractivity (Wildman–Crippen MR) is 72.9 cm³/mol. The SMILES string of the molecule is CC(C)c1ncncc1-c1cccc(S(N)(=O)=O)c1. The second-order valence-corrected chi connectivity index (χ2v) is 6.11. The van der Waals surface area contributed by atoms with Crippen LogP contribution in [0.1, 0.15) is 25.5 Å². The van der Waals surface area contributed by atoms with Crippen LogP contribution in [0, 0.1) is 0 Å². The fourth-order valence-corrected chi connectivity index (χ4v) is 2.42. The van der Waals surface area contributed by atoms with Crippen molar-refractivity contribution in [3.05, 3.63) is 42.5 Å². The summed E-state index contributed by atoms with van der Waals surface area (Å²) in [6.45, 7) is 4.05. The fourth-order valence-electron chi connectivity index (χ4n) is 1.86. The maximum Gasteiger partial charge on any atom is 0.238 e. The Labute approximate surface area is 112 Å². The van der Waals surface area contributed by atoms with Gasteiger partial charge in [0.25, 0.3) is 0 Å². The highest BCUT2D eigenvalue weighted by molar-refractivity contribution is 7.89. The normalized spacial score (nSPS) is 11.8. The summed E-state index contributed by atoms with van der Waals surface area (Å²) in [6, 6.07) is 6.49. The highest BCUT2D eigenvalue weighted by Crippen LogP contribution is 2.27. The number of nitrogens with two attached hydrogens (primary N) is 1. The molecule has 19 heavy (non-hydrogen) atoms. The molecule has 2 N–H and O–H groups in total. The second-order valence-electron chi connectivity index (χ2n) is 4.55. The summed E-state index contributed by atoms with van der Waals surface area (Å²) in [7, 11) is -3.71. The van der Waals surface area contributed by atoms with Crippen molar-refractivity contribution in [3.8, 4) is 11.1 Å². The third-order valence-electron chi connectivity index (χ3n) is 2.76. The molecule has 0 saturated carbocycles. The van der Waals surface area contributed by atoms with Crippen LogP contribution in [0.5, 0.6) is 0 Å². The van der Waals surface area contributed by atoms with Gasteiger partial charge in [0.05, 0.1) is 10.6 Å². The number of rotatable bonds is 3. The summed E-state index contributed by atoms with van der Waals surface area (Å²) in [5.41, 5.74) is 2.44. The molecule has 1 aromatic carbocycles. The van der Waals surface area contributed by atoms with Crippen LogP contribution in [0.2, 0.25) is 0 Å². The zero-order valence-corrected chi connectivity index (χ0v) is 11.6. The van der Waals surface area contributed by atoms with Crippen molar-refractivity contribution >= 4 is 10.0 Å². The summed E-state index contributed by atoms with van der Waals surface area (Å²) in [5, 5.41) is 5.14. The minimum Gasteiger partial charge on any atom is -0.244 e. The van der Waals surface area contributed by atoms with Gasteiger partial charge in [0.2, 0.25) is 10.0 Å². The first-order chi connectivity index (χ1) is 8.89. The second kappa shape index (κ2) is 5.07. The van der Waals surface area contributed by atoms with E-state index in [4.69, 9.17) is 5.14 Å². The average molecular weight is 277 g/mol. The first-order valence-electron chi connectivity index (χ1n) is 5.82. The number of primary sulfonamides is 1. The van der Waals surface area contributed by atoms with Crippen molar-refractivity contribution < 1.29 is 8.42 Å². The van der Waals surface area contributed by atoms with E-state index in [0.29, 0.717) is 0 Å². The molecule has 0 radical (unpaired) electrons. The zero-order valence-electron chi connectivity index (χ0n) is 10.7. The molecule has 0 aliphatic heterocycles. The Kier molecular flexibility index (Phi) is 3.64. The van der Waals surface area contributed by atoms with Gasteiger partial charge in [-0.2, -0.15) is 0 Å². The molecular weight excluding hydrogens is 262 g/mol. The number of nitrogens with zero attached hydrogens (tertiary/aromatic N) is 2. The van der Waals surface area contributed by atoms with Crippen LogP contribution < -0.4 is 5.14 Å². The summed E-state index contributed by atoms with van der Waals surface area (Å²) < 4.78 is 22.8. The Morgan fingerprint density at radius 2 is 2.00 bits per heavy atom. The van der Waals surface area contributed by atoms with Crippen molar-refractivity contribution in [3.63, 3.8) is 0 Å². The number of benzene rings is 1. The van der Waals surface area contributed by atoms with E-state index < -0.39 is 10.0 Å². The quantitative estimate of drug-likeness (QED) is 0.928. The molecule has 1 heterocycles. The fraction of sp³-hybridized carbons (Fsp3) is 0.231. The predicted octanol–water partition coefficient (Wildman–Crippen LogP) is 1.91. The van der Waals surface area contributed by atoms with Gasteiger partial charge in [-0.05, 0) is 23.6 Å². The lowest BCUT2D eigenvalue weighted by Crippen LogP contribution is -2.12. The molecule has 0 aliphatic rings. The van der Waals surface area contributed by atoms with Crippen LogP contribution in [0.3, 0.4) is 0 Å². The van der Waals surface area contributed by atoms with E-state index in [0.717, 1.165) is 16.8 Å². The number of hydrogen-bond acceptors (Lipinski definition) is 4. The molecule has 0 aliphatic carbocycles. The first kappa shape index (κ1) is 13.6. The molecule has 0 saturated heterocycles. The van der Waals surface area contributed by atoms with Gasteiger partial charge in [-0.1, -0.05) is 26.0 Å². The summed E-state index contributed by atoms with van der Waals surface area (Å²) in [5.74, 6) is 0.219. The lowest BCUT2D eigenvalue weighted by atomic mass is 9.99. The molecule has 6 heteroatoms. The molecule has 0 fully saturated rings. The first-order valence-corrected chi connectivity index (χ1v) is 7.37. The van der Waals surface area contributed by atoms with Crippen molar-refractivity contribution in [2.75, 3.05) is 0 Å². The Morgan fingerprint density at radius 1 is 1.26 bits per heavy atom. The third-order valence-corrected chi connectivity index (χ3v) is 3.67. The number of sulfonamides is 1. The van der Waals surface area contributed by atoms with Gasteiger partial charge in [0.15, 0.2) is 0 Å². The van der Waals surface area contributed by atoms with Gasteiger partial charge in [0.1, 0.15) is 6.33 Å². The van der Waals surface area contributed by atoms with E-state index in [1.807, 2.05) is 19.9 Å². The van der Waals surface area contributed by atoms with Crippen LogP contribution in [-0.2, 0) is 10.0 Å². The molecular formula is C13H15N3O2S. The van der Waals surface area contributed by atoms with Crippen LogP contribution in [0.25, 0.3) is 11.1 Å². The molecule has 100 valence electrons. The third kappa shape index (κ3) is 2.97. The van der Waals surface area contributed by atoms with Gasteiger partial charge in [0, 0.05) is 11.8 Å². The molecule has 0 bridgehead atoms. The summed E-state index contributed by atoms with van der Waals surface area (Å²) in [4.78, 5) is 8.35. The van der Waals surface area contributed by atoms with Crippen molar-refractivity contribution in [1.29, 1.82) is 0 Å². The Balaban J connectivity index is 2.60. The van der Waals surface area contributed by atoms with E-state index in [2.05, 4.69) is 9.97 Å². The Hall–Kier alpha value is -1.79. The Morgan fingerprint density at radius 3 is 2.63 bits per heavy atom. The highest BCUT2D eigenvalue weighted by Gasteiger charge is 2.13. The van der Waals surface area contributed by atoms with Gasteiger partial charge in [-0.3, -0.25) is 0 Å². The van der Waals surface area contributed by atoms with Gasteiger partial charge in [-0.15, -0.1) is 0 Å².